The van der Waals surface area contributed by atoms with Gasteiger partial charge < -0.3 is 4.90 Å². The summed E-state index contributed by atoms with van der Waals surface area (Å²) in [5.74, 6) is 0.115. The van der Waals surface area contributed by atoms with Crippen LogP contribution in [0, 0.1) is 16.7 Å². The molecule has 3 nitrogen and oxygen atoms in total. The van der Waals surface area contributed by atoms with Gasteiger partial charge in [-0.15, -0.1) is 0 Å². The van der Waals surface area contributed by atoms with Crippen LogP contribution in [0.3, 0.4) is 0 Å². The molecule has 1 heterocycles. The highest BCUT2D eigenvalue weighted by Crippen LogP contribution is 2.39. The molecule has 2 atom stereocenters. The van der Waals surface area contributed by atoms with E-state index in [4.69, 9.17) is 0 Å². The highest BCUT2D eigenvalue weighted by molar-refractivity contribution is 5.86. The maximum absolute atomic E-state index is 12.8. The van der Waals surface area contributed by atoms with Crippen LogP contribution in [-0.2, 0) is 4.79 Å². The Morgan fingerprint density at radius 1 is 1.11 bits per heavy atom. The quantitative estimate of drug-likeness (QED) is 0.715. The highest BCUT2D eigenvalue weighted by atomic mass is 16.2. The number of amides is 1. The summed E-state index contributed by atoms with van der Waals surface area (Å²) in [4.78, 5) is 14.8. The van der Waals surface area contributed by atoms with E-state index in [1.54, 1.807) is 0 Å². The number of carbonyl (C=O) groups is 1. The second-order valence-electron chi connectivity index (χ2n) is 6.10. The lowest BCUT2D eigenvalue weighted by molar-refractivity contribution is -0.147. The molecular weight excluding hydrogens is 224 g/mol. The van der Waals surface area contributed by atoms with Crippen LogP contribution in [0.5, 0.6) is 0 Å². The Kier molecular flexibility index (Phi) is 3.94. The van der Waals surface area contributed by atoms with Gasteiger partial charge in [0.1, 0.15) is 5.41 Å². The van der Waals surface area contributed by atoms with Crippen molar-refractivity contribution in [3.63, 3.8) is 0 Å². The van der Waals surface area contributed by atoms with Crippen molar-refractivity contribution in [1.82, 2.24) is 4.90 Å². The molecule has 2 rings (SSSR count). The number of hydrogen-bond donors (Lipinski definition) is 0. The van der Waals surface area contributed by atoms with E-state index in [1.165, 1.54) is 12.8 Å². The minimum atomic E-state index is -0.710. The molecule has 2 aliphatic rings. The second-order valence-corrected chi connectivity index (χ2v) is 6.10. The van der Waals surface area contributed by atoms with E-state index >= 15 is 0 Å². The number of carbonyl (C=O) groups excluding carboxylic acids is 1. The maximum Gasteiger partial charge on any atom is 0.243 e. The summed E-state index contributed by atoms with van der Waals surface area (Å²) in [5.41, 5.74) is -0.710. The van der Waals surface area contributed by atoms with Crippen molar-refractivity contribution in [2.45, 2.75) is 77.3 Å². The summed E-state index contributed by atoms with van der Waals surface area (Å²) in [7, 11) is 0. The summed E-state index contributed by atoms with van der Waals surface area (Å²) in [6, 6.07) is 2.96. The van der Waals surface area contributed by atoms with Crippen molar-refractivity contribution in [3.8, 4) is 6.07 Å². The Morgan fingerprint density at radius 3 is 2.17 bits per heavy atom. The number of nitriles is 1. The zero-order valence-electron chi connectivity index (χ0n) is 11.6. The van der Waals surface area contributed by atoms with Crippen LogP contribution in [0.1, 0.15) is 65.2 Å². The first-order valence-corrected chi connectivity index (χ1v) is 7.35. The molecule has 100 valence electrons. The molecule has 3 heteroatoms. The van der Waals surface area contributed by atoms with Crippen molar-refractivity contribution >= 4 is 5.91 Å². The molecule has 1 saturated heterocycles. The predicted molar refractivity (Wildman–Crippen MR) is 70.8 cm³/mol. The maximum atomic E-state index is 12.8. The first kappa shape index (κ1) is 13.4. The lowest BCUT2D eigenvalue weighted by Crippen LogP contribution is -2.53. The van der Waals surface area contributed by atoms with Crippen LogP contribution in [0.15, 0.2) is 0 Å². The van der Waals surface area contributed by atoms with Crippen molar-refractivity contribution in [3.05, 3.63) is 0 Å². The summed E-state index contributed by atoms with van der Waals surface area (Å²) >= 11 is 0. The Morgan fingerprint density at radius 2 is 1.67 bits per heavy atom. The Hall–Kier alpha value is -1.04. The first-order chi connectivity index (χ1) is 8.60. The predicted octanol–water partition coefficient (Wildman–Crippen LogP) is 3.25. The minimum absolute atomic E-state index is 0.115. The molecular formula is C15H24N2O. The fourth-order valence-corrected chi connectivity index (χ4v) is 3.60. The largest absolute Gasteiger partial charge is 0.336 e. The molecule has 0 unspecified atom stereocenters. The summed E-state index contributed by atoms with van der Waals surface area (Å²) in [5, 5.41) is 9.52. The zero-order valence-corrected chi connectivity index (χ0v) is 11.6. The monoisotopic (exact) mass is 248 g/mol. The summed E-state index contributed by atoms with van der Waals surface area (Å²) in [6.07, 6.45) is 8.10. The number of rotatable bonds is 1. The molecule has 1 amide bonds. The third kappa shape index (κ3) is 2.25. The van der Waals surface area contributed by atoms with Gasteiger partial charge in [-0.05, 0) is 46.0 Å². The Labute approximate surface area is 110 Å². The van der Waals surface area contributed by atoms with Gasteiger partial charge in [0.15, 0.2) is 0 Å². The third-order valence-corrected chi connectivity index (χ3v) is 4.76. The topological polar surface area (TPSA) is 44.1 Å². The van der Waals surface area contributed by atoms with Crippen LogP contribution in [0.25, 0.3) is 0 Å². The van der Waals surface area contributed by atoms with Gasteiger partial charge in [0.25, 0.3) is 0 Å². The van der Waals surface area contributed by atoms with E-state index in [0.717, 1.165) is 38.5 Å². The molecule has 1 aliphatic heterocycles. The van der Waals surface area contributed by atoms with Gasteiger partial charge in [0, 0.05) is 12.1 Å². The fourth-order valence-electron chi connectivity index (χ4n) is 3.60. The number of hydrogen-bond acceptors (Lipinski definition) is 2. The first-order valence-electron chi connectivity index (χ1n) is 7.35. The molecule has 0 aromatic heterocycles. The second kappa shape index (κ2) is 5.30. The summed E-state index contributed by atoms with van der Waals surface area (Å²) in [6.45, 7) is 4.25. The van der Waals surface area contributed by atoms with Gasteiger partial charge in [-0.1, -0.05) is 19.3 Å². The molecule has 0 radical (unpaired) electrons. The van der Waals surface area contributed by atoms with Crippen molar-refractivity contribution < 1.29 is 4.79 Å². The van der Waals surface area contributed by atoms with E-state index in [9.17, 15) is 10.1 Å². The van der Waals surface area contributed by atoms with Crippen LogP contribution in [-0.4, -0.2) is 22.9 Å². The number of nitrogens with zero attached hydrogens (tertiary/aromatic N) is 2. The molecule has 0 spiro atoms. The molecule has 0 aromatic rings. The van der Waals surface area contributed by atoms with E-state index in [0.29, 0.717) is 12.1 Å². The van der Waals surface area contributed by atoms with Gasteiger partial charge >= 0.3 is 0 Å². The van der Waals surface area contributed by atoms with Crippen LogP contribution in [0.2, 0.25) is 0 Å². The van der Waals surface area contributed by atoms with E-state index in [1.807, 2.05) is 4.90 Å². The Balaban J connectivity index is 2.20. The van der Waals surface area contributed by atoms with Gasteiger partial charge in [0.2, 0.25) is 5.91 Å². The van der Waals surface area contributed by atoms with Crippen LogP contribution < -0.4 is 0 Å². The molecule has 0 N–H and O–H groups in total. The third-order valence-electron chi connectivity index (χ3n) is 4.76. The molecule has 0 bridgehead atoms. The van der Waals surface area contributed by atoms with Crippen LogP contribution in [0.4, 0.5) is 0 Å². The molecule has 18 heavy (non-hydrogen) atoms. The Bertz CT molecular complexity index is 342. The van der Waals surface area contributed by atoms with E-state index in [-0.39, 0.29) is 5.91 Å². The minimum Gasteiger partial charge on any atom is -0.336 e. The van der Waals surface area contributed by atoms with Crippen molar-refractivity contribution in [1.29, 1.82) is 5.26 Å². The number of piperidine rings is 1. The van der Waals surface area contributed by atoms with Crippen molar-refractivity contribution in [2.75, 3.05) is 0 Å². The SMILES string of the molecule is C[C@@H]1CCC[C@H](C)N1C(=O)C1(C#N)CCCCC1. The standard InChI is InChI=1S/C15H24N2O/c1-12-7-6-8-13(2)17(12)14(18)15(11-16)9-4-3-5-10-15/h12-13H,3-10H2,1-2H3/t12-,13+. The zero-order chi connectivity index (χ0) is 13.2. The van der Waals surface area contributed by atoms with Crippen molar-refractivity contribution in [2.24, 2.45) is 5.41 Å². The average Bonchev–Trinajstić information content (AvgIpc) is 2.39. The lowest BCUT2D eigenvalue weighted by atomic mass is 9.73. The average molecular weight is 248 g/mol. The van der Waals surface area contributed by atoms with E-state index < -0.39 is 5.41 Å². The normalized spacial score (nSPS) is 31.7. The molecule has 1 aliphatic carbocycles. The highest BCUT2D eigenvalue weighted by Gasteiger charge is 2.45. The lowest BCUT2D eigenvalue weighted by Gasteiger charge is -2.44. The molecule has 2 fully saturated rings. The summed E-state index contributed by atoms with van der Waals surface area (Å²) < 4.78 is 0. The van der Waals surface area contributed by atoms with Gasteiger partial charge in [-0.2, -0.15) is 5.26 Å². The van der Waals surface area contributed by atoms with Crippen LogP contribution >= 0.6 is 0 Å². The fraction of sp³-hybridized carbons (Fsp3) is 0.867. The van der Waals surface area contributed by atoms with Gasteiger partial charge in [-0.25, -0.2) is 0 Å². The molecule has 1 saturated carbocycles. The van der Waals surface area contributed by atoms with Gasteiger partial charge in [0.05, 0.1) is 6.07 Å². The van der Waals surface area contributed by atoms with Gasteiger partial charge in [-0.3, -0.25) is 4.79 Å². The number of likely N-dealkylation sites (tertiary alicyclic amines) is 1. The van der Waals surface area contributed by atoms with E-state index in [2.05, 4.69) is 19.9 Å². The smallest absolute Gasteiger partial charge is 0.243 e. The molecule has 0 aromatic carbocycles.